The molecule has 1 aliphatic heterocycles. The molecule has 0 unspecified atom stereocenters. The number of aliphatic hydroxyl groups is 1. The summed E-state index contributed by atoms with van der Waals surface area (Å²) in [6, 6.07) is 7.90. The molecule has 0 aromatic heterocycles. The van der Waals surface area contributed by atoms with E-state index in [-0.39, 0.29) is 5.76 Å². The largest absolute Gasteiger partial charge is 0.512 e. The first-order chi connectivity index (χ1) is 10.1. The Labute approximate surface area is 124 Å². The van der Waals surface area contributed by atoms with Gasteiger partial charge in [-0.2, -0.15) is 0 Å². The van der Waals surface area contributed by atoms with Crippen LogP contribution in [0.5, 0.6) is 5.75 Å². The van der Waals surface area contributed by atoms with E-state index in [2.05, 4.69) is 9.64 Å². The molecule has 5 nitrogen and oxygen atoms in total. The van der Waals surface area contributed by atoms with Crippen molar-refractivity contribution < 1.29 is 19.4 Å². The average molecular weight is 291 g/mol. The third-order valence-electron chi connectivity index (χ3n) is 3.52. The molecule has 0 radical (unpaired) electrons. The number of hydrogen-bond donors (Lipinski definition) is 1. The second-order valence-electron chi connectivity index (χ2n) is 5.10. The molecule has 1 aromatic rings. The van der Waals surface area contributed by atoms with E-state index in [1.807, 2.05) is 31.2 Å². The Bertz CT molecular complexity index is 522. The number of rotatable bonds is 5. The van der Waals surface area contributed by atoms with E-state index in [0.717, 1.165) is 5.75 Å². The number of benzene rings is 1. The number of aliphatic hydroxyl groups excluding tert-OH is 1. The van der Waals surface area contributed by atoms with Gasteiger partial charge in [0.15, 0.2) is 0 Å². The Morgan fingerprint density at radius 2 is 2.05 bits per heavy atom. The van der Waals surface area contributed by atoms with E-state index in [4.69, 9.17) is 4.74 Å². The summed E-state index contributed by atoms with van der Waals surface area (Å²) in [5, 5.41) is 9.74. The summed E-state index contributed by atoms with van der Waals surface area (Å²) in [5.74, 6) is 0.512. The molecular formula is C16H21NO4. The van der Waals surface area contributed by atoms with Crippen molar-refractivity contribution in [2.45, 2.75) is 13.3 Å². The van der Waals surface area contributed by atoms with E-state index < -0.39 is 5.97 Å². The smallest absolute Gasteiger partial charge is 0.338 e. The molecule has 0 aliphatic carbocycles. The lowest BCUT2D eigenvalue weighted by molar-refractivity contribution is -0.136. The van der Waals surface area contributed by atoms with Gasteiger partial charge in [-0.15, -0.1) is 0 Å². The average Bonchev–Trinajstić information content (AvgIpc) is 2.50. The molecule has 0 amide bonds. The van der Waals surface area contributed by atoms with Gasteiger partial charge < -0.3 is 14.6 Å². The van der Waals surface area contributed by atoms with Crippen LogP contribution in [-0.2, 0) is 9.53 Å². The third kappa shape index (κ3) is 4.23. The Morgan fingerprint density at radius 3 is 2.71 bits per heavy atom. The van der Waals surface area contributed by atoms with Crippen molar-refractivity contribution in [3.63, 3.8) is 0 Å². The summed E-state index contributed by atoms with van der Waals surface area (Å²) in [4.78, 5) is 13.6. The molecule has 1 N–H and O–H groups in total. The molecule has 114 valence electrons. The SMILES string of the molecule is COC(=O)C1=C(O)CCN(CCOc2ccc(C)cc2)C1. The predicted molar refractivity (Wildman–Crippen MR) is 79.4 cm³/mol. The Morgan fingerprint density at radius 1 is 1.33 bits per heavy atom. The first kappa shape index (κ1) is 15.4. The fraction of sp³-hybridized carbons (Fsp3) is 0.438. The first-order valence-corrected chi connectivity index (χ1v) is 7.01. The summed E-state index contributed by atoms with van der Waals surface area (Å²) in [6.45, 7) is 4.38. The van der Waals surface area contributed by atoms with Gasteiger partial charge in [0.05, 0.1) is 12.7 Å². The van der Waals surface area contributed by atoms with Crippen LogP contribution in [0.15, 0.2) is 35.6 Å². The molecule has 0 spiro atoms. The van der Waals surface area contributed by atoms with Crippen LogP contribution >= 0.6 is 0 Å². The van der Waals surface area contributed by atoms with Crippen LogP contribution in [0.2, 0.25) is 0 Å². The van der Waals surface area contributed by atoms with Gasteiger partial charge in [0.25, 0.3) is 0 Å². The van der Waals surface area contributed by atoms with Crippen molar-refractivity contribution in [2.24, 2.45) is 0 Å². The summed E-state index contributed by atoms with van der Waals surface area (Å²) >= 11 is 0. The predicted octanol–water partition coefficient (Wildman–Crippen LogP) is 2.06. The highest BCUT2D eigenvalue weighted by Gasteiger charge is 2.24. The maximum absolute atomic E-state index is 11.6. The fourth-order valence-corrected chi connectivity index (χ4v) is 2.23. The molecular weight excluding hydrogens is 270 g/mol. The molecule has 21 heavy (non-hydrogen) atoms. The van der Waals surface area contributed by atoms with Crippen molar-refractivity contribution in [1.29, 1.82) is 0 Å². The molecule has 1 aromatic carbocycles. The molecule has 1 heterocycles. The quantitative estimate of drug-likeness (QED) is 0.842. The van der Waals surface area contributed by atoms with Gasteiger partial charge in [-0.1, -0.05) is 17.7 Å². The Kier molecular flexibility index (Phi) is 5.22. The van der Waals surface area contributed by atoms with Gasteiger partial charge in [0.2, 0.25) is 0 Å². The second-order valence-corrected chi connectivity index (χ2v) is 5.10. The highest BCUT2D eigenvalue weighted by Crippen LogP contribution is 2.17. The minimum absolute atomic E-state index is 0.137. The number of carbonyl (C=O) groups excluding carboxylic acids is 1. The summed E-state index contributed by atoms with van der Waals surface area (Å²) in [5.41, 5.74) is 1.54. The molecule has 0 saturated carbocycles. The van der Waals surface area contributed by atoms with Crippen molar-refractivity contribution in [3.8, 4) is 5.75 Å². The van der Waals surface area contributed by atoms with Crippen molar-refractivity contribution in [1.82, 2.24) is 4.90 Å². The molecule has 5 heteroatoms. The van der Waals surface area contributed by atoms with Crippen LogP contribution in [0.3, 0.4) is 0 Å². The van der Waals surface area contributed by atoms with Crippen LogP contribution in [-0.4, -0.2) is 49.3 Å². The zero-order valence-electron chi connectivity index (χ0n) is 12.5. The van der Waals surface area contributed by atoms with E-state index in [1.54, 1.807) is 0 Å². The normalized spacial score (nSPS) is 15.9. The van der Waals surface area contributed by atoms with E-state index in [1.165, 1.54) is 12.7 Å². The van der Waals surface area contributed by atoms with Crippen molar-refractivity contribution in [2.75, 3.05) is 33.4 Å². The maximum atomic E-state index is 11.6. The molecule has 2 rings (SSSR count). The molecule has 0 saturated heterocycles. The Balaban J connectivity index is 1.82. The highest BCUT2D eigenvalue weighted by molar-refractivity contribution is 5.89. The standard InChI is InChI=1S/C16H21NO4/c1-12-3-5-13(6-4-12)21-10-9-17-8-7-15(18)14(11-17)16(19)20-2/h3-6,18H,7-11H2,1-2H3. The zero-order valence-corrected chi connectivity index (χ0v) is 12.5. The van der Waals surface area contributed by atoms with Gasteiger partial charge >= 0.3 is 5.97 Å². The van der Waals surface area contributed by atoms with Crippen LogP contribution in [0.4, 0.5) is 0 Å². The molecule has 0 atom stereocenters. The number of nitrogens with zero attached hydrogens (tertiary/aromatic N) is 1. The number of methoxy groups -OCH3 is 1. The summed E-state index contributed by atoms with van der Waals surface area (Å²) in [6.07, 6.45) is 0.467. The van der Waals surface area contributed by atoms with Crippen molar-refractivity contribution >= 4 is 5.97 Å². The molecule has 0 fully saturated rings. The lowest BCUT2D eigenvalue weighted by atomic mass is 10.1. The number of esters is 1. The van der Waals surface area contributed by atoms with Gasteiger partial charge in [-0.05, 0) is 19.1 Å². The van der Waals surface area contributed by atoms with Crippen molar-refractivity contribution in [3.05, 3.63) is 41.2 Å². The van der Waals surface area contributed by atoms with Gasteiger partial charge in [0, 0.05) is 26.1 Å². The third-order valence-corrected chi connectivity index (χ3v) is 3.52. The van der Waals surface area contributed by atoms with Crippen LogP contribution < -0.4 is 4.74 Å². The first-order valence-electron chi connectivity index (χ1n) is 7.01. The lowest BCUT2D eigenvalue weighted by Crippen LogP contribution is -2.37. The van der Waals surface area contributed by atoms with Crippen LogP contribution in [0.25, 0.3) is 0 Å². The fourth-order valence-electron chi connectivity index (χ4n) is 2.23. The van der Waals surface area contributed by atoms with E-state index in [0.29, 0.717) is 38.2 Å². The van der Waals surface area contributed by atoms with E-state index in [9.17, 15) is 9.90 Å². The minimum Gasteiger partial charge on any atom is -0.512 e. The summed E-state index contributed by atoms with van der Waals surface area (Å²) in [7, 11) is 1.32. The number of aryl methyl sites for hydroxylation is 1. The number of hydrogen-bond acceptors (Lipinski definition) is 5. The number of ether oxygens (including phenoxy) is 2. The van der Waals surface area contributed by atoms with E-state index >= 15 is 0 Å². The van der Waals surface area contributed by atoms with Gasteiger partial charge in [-0.25, -0.2) is 4.79 Å². The highest BCUT2D eigenvalue weighted by atomic mass is 16.5. The molecule has 1 aliphatic rings. The lowest BCUT2D eigenvalue weighted by Gasteiger charge is -2.27. The van der Waals surface area contributed by atoms with Gasteiger partial charge in [0.1, 0.15) is 18.1 Å². The molecule has 0 bridgehead atoms. The summed E-state index contributed by atoms with van der Waals surface area (Å²) < 4.78 is 10.4. The van der Waals surface area contributed by atoms with Crippen LogP contribution in [0.1, 0.15) is 12.0 Å². The van der Waals surface area contributed by atoms with Crippen LogP contribution in [0, 0.1) is 6.92 Å². The number of carbonyl (C=O) groups is 1. The topological polar surface area (TPSA) is 59.0 Å². The second kappa shape index (κ2) is 7.13. The monoisotopic (exact) mass is 291 g/mol. The van der Waals surface area contributed by atoms with Gasteiger partial charge in [-0.3, -0.25) is 4.90 Å². The minimum atomic E-state index is -0.461. The zero-order chi connectivity index (χ0) is 15.2. The maximum Gasteiger partial charge on any atom is 0.338 e. The Hall–Kier alpha value is -2.01.